The minimum absolute atomic E-state index is 0.0106. The first kappa shape index (κ1) is 13.2. The third kappa shape index (κ3) is 3.06. The van der Waals surface area contributed by atoms with Crippen LogP contribution in [0, 0.1) is 0 Å². The second-order valence-corrected chi connectivity index (χ2v) is 3.93. The number of carbonyl (C=O) groups excluding carboxylic acids is 2. The van der Waals surface area contributed by atoms with E-state index in [-0.39, 0.29) is 10.9 Å². The predicted octanol–water partition coefficient (Wildman–Crippen LogP) is 2.89. The summed E-state index contributed by atoms with van der Waals surface area (Å²) in [5.41, 5.74) is 0.276. The maximum absolute atomic E-state index is 11.5. The van der Waals surface area contributed by atoms with Gasteiger partial charge in [0.05, 0.1) is 17.0 Å². The fourth-order valence-electron chi connectivity index (χ4n) is 1.14. The number of benzene rings is 1. The molecule has 0 spiro atoms. The number of rotatable bonds is 5. The summed E-state index contributed by atoms with van der Waals surface area (Å²) in [6, 6.07) is 4.55. The van der Waals surface area contributed by atoms with E-state index in [0.29, 0.717) is 17.4 Å². The summed E-state index contributed by atoms with van der Waals surface area (Å²) in [5, 5.41) is 0.339. The van der Waals surface area contributed by atoms with Crippen molar-refractivity contribution in [1.29, 1.82) is 0 Å². The third-order valence-electron chi connectivity index (χ3n) is 1.87. The Balaban J connectivity index is 2.97. The van der Waals surface area contributed by atoms with Gasteiger partial charge in [-0.15, -0.1) is 0 Å². The molecular formula is C11H10BrClO3. The number of carbonyl (C=O) groups is 2. The van der Waals surface area contributed by atoms with E-state index in [0.717, 1.165) is 0 Å². The van der Waals surface area contributed by atoms with Gasteiger partial charge in [0.15, 0.2) is 0 Å². The Bertz CT molecular complexity index is 418. The molecule has 0 saturated heterocycles. The summed E-state index contributed by atoms with van der Waals surface area (Å²) >= 11 is 8.84. The number of ketones is 2. The molecule has 0 unspecified atom stereocenters. The summed E-state index contributed by atoms with van der Waals surface area (Å²) < 4.78 is 5.22. The first-order chi connectivity index (χ1) is 7.60. The zero-order valence-corrected chi connectivity index (χ0v) is 11.0. The molecule has 0 N–H and O–H groups in total. The topological polar surface area (TPSA) is 43.4 Å². The second kappa shape index (κ2) is 6.01. The molecule has 0 bridgehead atoms. The van der Waals surface area contributed by atoms with Crippen LogP contribution in [0.3, 0.4) is 0 Å². The highest BCUT2D eigenvalue weighted by Gasteiger charge is 2.16. The van der Waals surface area contributed by atoms with Crippen LogP contribution in [0.1, 0.15) is 17.3 Å². The Kier molecular flexibility index (Phi) is 4.96. The molecular weight excluding hydrogens is 295 g/mol. The first-order valence-corrected chi connectivity index (χ1v) is 6.16. The van der Waals surface area contributed by atoms with E-state index in [9.17, 15) is 9.59 Å². The summed E-state index contributed by atoms with van der Waals surface area (Å²) in [7, 11) is 0. The minimum atomic E-state index is -0.554. The van der Waals surface area contributed by atoms with E-state index in [1.54, 1.807) is 6.07 Å². The largest absolute Gasteiger partial charge is 0.492 e. The number of ether oxygens (including phenoxy) is 1. The molecule has 1 aromatic rings. The molecule has 16 heavy (non-hydrogen) atoms. The van der Waals surface area contributed by atoms with Gasteiger partial charge in [0, 0.05) is 5.56 Å². The molecule has 1 aromatic carbocycles. The summed E-state index contributed by atoms with van der Waals surface area (Å²) in [6.45, 7) is 2.33. The second-order valence-electron chi connectivity index (χ2n) is 2.96. The highest BCUT2D eigenvalue weighted by Crippen LogP contribution is 2.25. The lowest BCUT2D eigenvalue weighted by Crippen LogP contribution is -2.15. The van der Waals surface area contributed by atoms with Gasteiger partial charge in [-0.1, -0.05) is 27.5 Å². The fraction of sp³-hybridized carbons (Fsp3) is 0.273. The van der Waals surface area contributed by atoms with Crippen LogP contribution in [0.15, 0.2) is 18.2 Å². The molecule has 0 saturated carbocycles. The molecule has 86 valence electrons. The lowest BCUT2D eigenvalue weighted by Gasteiger charge is -2.06. The van der Waals surface area contributed by atoms with Gasteiger partial charge in [-0.25, -0.2) is 0 Å². The van der Waals surface area contributed by atoms with E-state index in [1.165, 1.54) is 12.1 Å². The Morgan fingerprint density at radius 1 is 1.44 bits per heavy atom. The molecule has 0 aliphatic rings. The van der Waals surface area contributed by atoms with Crippen molar-refractivity contribution >= 4 is 39.1 Å². The summed E-state index contributed by atoms with van der Waals surface area (Å²) in [4.78, 5) is 22.7. The number of Topliss-reactive ketones (excluding diaryl/α,β-unsaturated/α-hetero) is 2. The monoisotopic (exact) mass is 304 g/mol. The maximum atomic E-state index is 11.5. The molecule has 3 nitrogen and oxygen atoms in total. The van der Waals surface area contributed by atoms with E-state index >= 15 is 0 Å². The average molecular weight is 306 g/mol. The quantitative estimate of drug-likeness (QED) is 0.477. The Labute approximate surface area is 107 Å². The molecule has 0 fully saturated rings. The van der Waals surface area contributed by atoms with Gasteiger partial charge in [0.1, 0.15) is 5.75 Å². The fourth-order valence-corrected chi connectivity index (χ4v) is 1.63. The van der Waals surface area contributed by atoms with Crippen LogP contribution in [0.5, 0.6) is 5.75 Å². The van der Waals surface area contributed by atoms with Gasteiger partial charge >= 0.3 is 0 Å². The van der Waals surface area contributed by atoms with Crippen molar-refractivity contribution in [1.82, 2.24) is 0 Å². The van der Waals surface area contributed by atoms with E-state index in [4.69, 9.17) is 16.3 Å². The van der Waals surface area contributed by atoms with Gasteiger partial charge in [-0.05, 0) is 25.1 Å². The van der Waals surface area contributed by atoms with Crippen LogP contribution in [0.4, 0.5) is 0 Å². The smallest absolute Gasteiger partial charge is 0.229 e. The van der Waals surface area contributed by atoms with Gasteiger partial charge in [0.25, 0.3) is 0 Å². The Morgan fingerprint density at radius 2 is 2.12 bits per heavy atom. The van der Waals surface area contributed by atoms with Crippen LogP contribution >= 0.6 is 27.5 Å². The van der Waals surface area contributed by atoms with Crippen LogP contribution in [-0.4, -0.2) is 23.5 Å². The third-order valence-corrected chi connectivity index (χ3v) is 2.67. The van der Waals surface area contributed by atoms with Crippen LogP contribution in [-0.2, 0) is 4.79 Å². The first-order valence-electron chi connectivity index (χ1n) is 4.66. The molecule has 0 radical (unpaired) electrons. The standard InChI is InChI=1S/C11H10BrClO3/c1-2-16-10-4-3-7(5-8(10)13)11(15)9(14)6-12/h3-5H,2,6H2,1H3. The van der Waals surface area contributed by atoms with Gasteiger partial charge < -0.3 is 4.74 Å². The molecule has 0 aliphatic heterocycles. The maximum Gasteiger partial charge on any atom is 0.229 e. The number of alkyl halides is 1. The highest BCUT2D eigenvalue weighted by atomic mass is 79.9. The van der Waals surface area contributed by atoms with Crippen molar-refractivity contribution in [3.63, 3.8) is 0 Å². The number of hydrogen-bond donors (Lipinski definition) is 0. The molecule has 0 aliphatic carbocycles. The molecule has 0 atom stereocenters. The summed E-state index contributed by atoms with van der Waals surface area (Å²) in [5.74, 6) is -0.547. The zero-order chi connectivity index (χ0) is 12.1. The number of halogens is 2. The van der Waals surface area contributed by atoms with Gasteiger partial charge in [-0.3, -0.25) is 9.59 Å². The molecule has 1 rings (SSSR count). The minimum Gasteiger partial charge on any atom is -0.492 e. The SMILES string of the molecule is CCOc1ccc(C(=O)C(=O)CBr)cc1Cl. The van der Waals surface area contributed by atoms with Crippen molar-refractivity contribution < 1.29 is 14.3 Å². The normalized spacial score (nSPS) is 9.94. The molecule has 0 amide bonds. The lowest BCUT2D eigenvalue weighted by molar-refractivity contribution is -0.112. The Hall–Kier alpha value is -0.870. The molecule has 0 aromatic heterocycles. The van der Waals surface area contributed by atoms with Gasteiger partial charge in [-0.2, -0.15) is 0 Å². The average Bonchev–Trinajstić information content (AvgIpc) is 2.30. The van der Waals surface area contributed by atoms with Crippen molar-refractivity contribution in [2.75, 3.05) is 11.9 Å². The summed E-state index contributed by atoms with van der Waals surface area (Å²) in [6.07, 6.45) is 0. The van der Waals surface area contributed by atoms with Crippen molar-refractivity contribution in [2.45, 2.75) is 6.92 Å². The van der Waals surface area contributed by atoms with E-state index in [1.807, 2.05) is 6.92 Å². The predicted molar refractivity (Wildman–Crippen MR) is 65.8 cm³/mol. The van der Waals surface area contributed by atoms with E-state index < -0.39 is 11.6 Å². The van der Waals surface area contributed by atoms with Gasteiger partial charge in [0.2, 0.25) is 11.6 Å². The van der Waals surface area contributed by atoms with Crippen molar-refractivity contribution in [3.05, 3.63) is 28.8 Å². The van der Waals surface area contributed by atoms with Crippen LogP contribution in [0.25, 0.3) is 0 Å². The van der Waals surface area contributed by atoms with Crippen molar-refractivity contribution in [3.8, 4) is 5.75 Å². The van der Waals surface area contributed by atoms with E-state index in [2.05, 4.69) is 15.9 Å². The van der Waals surface area contributed by atoms with Crippen LogP contribution < -0.4 is 4.74 Å². The lowest BCUT2D eigenvalue weighted by atomic mass is 10.1. The molecule has 5 heteroatoms. The zero-order valence-electron chi connectivity index (χ0n) is 8.63. The van der Waals surface area contributed by atoms with Crippen LogP contribution in [0.2, 0.25) is 5.02 Å². The van der Waals surface area contributed by atoms with Crippen molar-refractivity contribution in [2.24, 2.45) is 0 Å². The number of hydrogen-bond acceptors (Lipinski definition) is 3. The molecule has 0 heterocycles. The Morgan fingerprint density at radius 3 is 2.62 bits per heavy atom. The highest BCUT2D eigenvalue weighted by molar-refractivity contribution is 9.09.